The van der Waals surface area contributed by atoms with E-state index >= 15 is 0 Å². The molecular formula is C18H13BrN2O2S. The van der Waals surface area contributed by atoms with Gasteiger partial charge in [0.2, 0.25) is 0 Å². The second-order valence-electron chi connectivity index (χ2n) is 5.12. The summed E-state index contributed by atoms with van der Waals surface area (Å²) in [4.78, 5) is 8.99. The van der Waals surface area contributed by atoms with Crippen molar-refractivity contribution in [2.75, 3.05) is 6.61 Å². The molecule has 0 aliphatic rings. The highest BCUT2D eigenvalue weighted by molar-refractivity contribution is 9.10. The Balaban J connectivity index is 1.69. The lowest BCUT2D eigenvalue weighted by Crippen LogP contribution is -1.90. The number of fused-ring (bicyclic) bond motifs is 1. The third-order valence-electron chi connectivity index (χ3n) is 3.47. The molecule has 0 saturated carbocycles. The monoisotopic (exact) mass is 400 g/mol. The molecule has 120 valence electrons. The average molecular weight is 401 g/mol. The molecule has 2 aromatic heterocycles. The van der Waals surface area contributed by atoms with Crippen molar-refractivity contribution in [2.45, 2.75) is 6.92 Å². The first-order valence-corrected chi connectivity index (χ1v) is 9.09. The number of ether oxygens (including phenoxy) is 1. The van der Waals surface area contributed by atoms with Crippen LogP contribution in [0.1, 0.15) is 6.92 Å². The van der Waals surface area contributed by atoms with Crippen molar-refractivity contribution in [3.05, 3.63) is 53.1 Å². The standard InChI is InChI=1S/C18H13BrN2O2S/c1-2-22-13-5-3-4-11(8-13)15-10-20-17(23-15)18-21-14-9-12(19)6-7-16(14)24-18/h3-10H,2H2,1H3. The number of hydrogen-bond acceptors (Lipinski definition) is 5. The Morgan fingerprint density at radius 1 is 1.21 bits per heavy atom. The van der Waals surface area contributed by atoms with E-state index in [1.165, 1.54) is 0 Å². The van der Waals surface area contributed by atoms with Crippen LogP contribution in [0.3, 0.4) is 0 Å². The minimum absolute atomic E-state index is 0.532. The fourth-order valence-corrected chi connectivity index (χ4v) is 3.63. The first-order valence-electron chi connectivity index (χ1n) is 7.48. The van der Waals surface area contributed by atoms with Crippen LogP contribution in [0, 0.1) is 0 Å². The summed E-state index contributed by atoms with van der Waals surface area (Å²) in [6, 6.07) is 13.8. The molecule has 0 aliphatic carbocycles. The van der Waals surface area contributed by atoms with Crippen LogP contribution in [-0.4, -0.2) is 16.6 Å². The van der Waals surface area contributed by atoms with Gasteiger partial charge in [0.15, 0.2) is 10.8 Å². The number of halogens is 1. The average Bonchev–Trinajstić information content (AvgIpc) is 3.21. The molecule has 0 amide bonds. The van der Waals surface area contributed by atoms with Crippen LogP contribution < -0.4 is 4.74 Å². The second-order valence-corrected chi connectivity index (χ2v) is 7.07. The van der Waals surface area contributed by atoms with Gasteiger partial charge in [-0.05, 0) is 37.3 Å². The van der Waals surface area contributed by atoms with E-state index in [1.54, 1.807) is 17.5 Å². The summed E-state index contributed by atoms with van der Waals surface area (Å²) in [5, 5.41) is 0.773. The fraction of sp³-hybridized carbons (Fsp3) is 0.111. The molecule has 0 spiro atoms. The predicted octanol–water partition coefficient (Wildman–Crippen LogP) is 5.78. The van der Waals surface area contributed by atoms with E-state index in [4.69, 9.17) is 9.15 Å². The van der Waals surface area contributed by atoms with Crippen molar-refractivity contribution >= 4 is 37.5 Å². The summed E-state index contributed by atoms with van der Waals surface area (Å²) in [7, 11) is 0. The maximum atomic E-state index is 5.92. The molecule has 0 bridgehead atoms. The van der Waals surface area contributed by atoms with Gasteiger partial charge in [0.1, 0.15) is 5.75 Å². The highest BCUT2D eigenvalue weighted by atomic mass is 79.9. The summed E-state index contributed by atoms with van der Waals surface area (Å²) < 4.78 is 13.6. The van der Waals surface area contributed by atoms with E-state index in [0.29, 0.717) is 18.3 Å². The molecule has 0 fully saturated rings. The number of thiazole rings is 1. The van der Waals surface area contributed by atoms with Gasteiger partial charge in [-0.3, -0.25) is 0 Å². The maximum Gasteiger partial charge on any atom is 0.256 e. The summed E-state index contributed by atoms with van der Waals surface area (Å²) >= 11 is 5.03. The molecule has 24 heavy (non-hydrogen) atoms. The molecule has 0 unspecified atom stereocenters. The third kappa shape index (κ3) is 2.95. The van der Waals surface area contributed by atoms with Crippen molar-refractivity contribution in [2.24, 2.45) is 0 Å². The number of hydrogen-bond donors (Lipinski definition) is 0. The Morgan fingerprint density at radius 2 is 2.12 bits per heavy atom. The number of rotatable bonds is 4. The highest BCUT2D eigenvalue weighted by Gasteiger charge is 2.14. The van der Waals surface area contributed by atoms with Gasteiger partial charge in [0.05, 0.1) is 23.0 Å². The van der Waals surface area contributed by atoms with E-state index in [-0.39, 0.29) is 0 Å². The fourth-order valence-electron chi connectivity index (χ4n) is 2.40. The minimum Gasteiger partial charge on any atom is -0.494 e. The largest absolute Gasteiger partial charge is 0.494 e. The summed E-state index contributed by atoms with van der Waals surface area (Å²) in [6.45, 7) is 2.59. The van der Waals surface area contributed by atoms with E-state index < -0.39 is 0 Å². The molecule has 0 aliphatic heterocycles. The quantitative estimate of drug-likeness (QED) is 0.435. The minimum atomic E-state index is 0.532. The van der Waals surface area contributed by atoms with Gasteiger partial charge in [0, 0.05) is 10.0 Å². The van der Waals surface area contributed by atoms with Gasteiger partial charge in [-0.1, -0.05) is 28.1 Å². The summed E-state index contributed by atoms with van der Waals surface area (Å²) in [5.41, 5.74) is 1.87. The lowest BCUT2D eigenvalue weighted by molar-refractivity contribution is 0.340. The van der Waals surface area contributed by atoms with E-state index in [0.717, 1.165) is 31.0 Å². The lowest BCUT2D eigenvalue weighted by Gasteiger charge is -2.03. The van der Waals surface area contributed by atoms with E-state index in [2.05, 4.69) is 25.9 Å². The second kappa shape index (κ2) is 6.37. The number of aromatic nitrogens is 2. The summed E-state index contributed by atoms with van der Waals surface area (Å²) in [5.74, 6) is 2.05. The van der Waals surface area contributed by atoms with Crippen LogP contribution in [-0.2, 0) is 0 Å². The number of oxazole rings is 1. The Hall–Kier alpha value is -2.18. The van der Waals surface area contributed by atoms with Crippen LogP contribution in [0.15, 0.2) is 57.6 Å². The molecule has 0 atom stereocenters. The van der Waals surface area contributed by atoms with Crippen molar-refractivity contribution in [3.8, 4) is 28.0 Å². The first-order chi connectivity index (χ1) is 11.7. The van der Waals surface area contributed by atoms with Crippen molar-refractivity contribution < 1.29 is 9.15 Å². The van der Waals surface area contributed by atoms with Crippen LogP contribution in [0.4, 0.5) is 0 Å². The van der Waals surface area contributed by atoms with Crippen molar-refractivity contribution in [3.63, 3.8) is 0 Å². The molecule has 2 aromatic carbocycles. The molecule has 2 heterocycles. The zero-order chi connectivity index (χ0) is 16.5. The SMILES string of the molecule is CCOc1cccc(-c2cnc(-c3nc4cc(Br)ccc4s3)o2)c1. The van der Waals surface area contributed by atoms with Crippen LogP contribution in [0.25, 0.3) is 32.4 Å². The number of nitrogens with zero attached hydrogens (tertiary/aromatic N) is 2. The predicted molar refractivity (Wildman–Crippen MR) is 99.4 cm³/mol. The van der Waals surface area contributed by atoms with Crippen LogP contribution in [0.5, 0.6) is 5.75 Å². The lowest BCUT2D eigenvalue weighted by atomic mass is 10.2. The zero-order valence-corrected chi connectivity index (χ0v) is 15.2. The highest BCUT2D eigenvalue weighted by Crippen LogP contribution is 2.33. The summed E-state index contributed by atoms with van der Waals surface area (Å²) in [6.07, 6.45) is 1.72. The third-order valence-corrected chi connectivity index (χ3v) is 4.99. The Kier molecular flexibility index (Phi) is 4.08. The van der Waals surface area contributed by atoms with Gasteiger partial charge < -0.3 is 9.15 Å². The molecular weight excluding hydrogens is 388 g/mol. The van der Waals surface area contributed by atoms with Crippen molar-refractivity contribution in [1.29, 1.82) is 0 Å². The molecule has 4 aromatic rings. The van der Waals surface area contributed by atoms with E-state index in [9.17, 15) is 0 Å². The van der Waals surface area contributed by atoms with Gasteiger partial charge in [-0.15, -0.1) is 11.3 Å². The maximum absolute atomic E-state index is 5.92. The topological polar surface area (TPSA) is 48.2 Å². The first kappa shape index (κ1) is 15.4. The molecule has 6 heteroatoms. The van der Waals surface area contributed by atoms with Gasteiger partial charge in [-0.2, -0.15) is 0 Å². The molecule has 4 nitrogen and oxygen atoms in total. The van der Waals surface area contributed by atoms with Gasteiger partial charge in [-0.25, -0.2) is 9.97 Å². The normalized spacial score (nSPS) is 11.1. The van der Waals surface area contributed by atoms with Gasteiger partial charge >= 0.3 is 0 Å². The Labute approximate surface area is 151 Å². The molecule has 4 rings (SSSR count). The van der Waals surface area contributed by atoms with Crippen LogP contribution in [0.2, 0.25) is 0 Å². The smallest absolute Gasteiger partial charge is 0.256 e. The van der Waals surface area contributed by atoms with Gasteiger partial charge in [0.25, 0.3) is 5.89 Å². The number of benzene rings is 2. The Morgan fingerprint density at radius 3 is 3.00 bits per heavy atom. The van der Waals surface area contributed by atoms with E-state index in [1.807, 2.05) is 49.4 Å². The molecule has 0 saturated heterocycles. The van der Waals surface area contributed by atoms with Crippen molar-refractivity contribution in [1.82, 2.24) is 9.97 Å². The molecule has 0 N–H and O–H groups in total. The molecule has 0 radical (unpaired) electrons. The zero-order valence-electron chi connectivity index (χ0n) is 12.8. The Bertz CT molecular complexity index is 1010. The van der Waals surface area contributed by atoms with Crippen LogP contribution >= 0.6 is 27.3 Å².